The van der Waals surface area contributed by atoms with Crippen LogP contribution in [0.1, 0.15) is 33.6 Å². The molecular weight excluding hydrogens is 250 g/mol. The van der Waals surface area contributed by atoms with E-state index in [1.54, 1.807) is 18.2 Å². The summed E-state index contributed by atoms with van der Waals surface area (Å²) < 4.78 is 25.7. The fourth-order valence-corrected chi connectivity index (χ4v) is 3.67. The van der Waals surface area contributed by atoms with Crippen molar-refractivity contribution in [2.75, 3.05) is 32.7 Å². The van der Waals surface area contributed by atoms with Crippen LogP contribution in [0.15, 0.2) is 0 Å². The van der Waals surface area contributed by atoms with Crippen LogP contribution < -0.4 is 5.73 Å². The second kappa shape index (κ2) is 6.84. The van der Waals surface area contributed by atoms with Crippen LogP contribution in [-0.2, 0) is 10.0 Å². The lowest BCUT2D eigenvalue weighted by atomic mass is 10.1. The zero-order valence-electron chi connectivity index (χ0n) is 11.8. The van der Waals surface area contributed by atoms with Gasteiger partial charge < -0.3 is 5.73 Å². The third kappa shape index (κ3) is 3.66. The molecule has 5 nitrogen and oxygen atoms in total. The van der Waals surface area contributed by atoms with Crippen molar-refractivity contribution in [1.29, 1.82) is 0 Å². The average molecular weight is 277 g/mol. The third-order valence-corrected chi connectivity index (χ3v) is 5.92. The Labute approximate surface area is 111 Å². The normalized spacial score (nSPS) is 21.4. The van der Waals surface area contributed by atoms with Gasteiger partial charge in [-0.15, -0.1) is 0 Å². The Kier molecular flexibility index (Phi) is 6.04. The highest BCUT2D eigenvalue weighted by Crippen LogP contribution is 2.15. The molecule has 1 unspecified atom stereocenters. The summed E-state index contributed by atoms with van der Waals surface area (Å²) in [6.07, 6.45) is 2.21. The summed E-state index contributed by atoms with van der Waals surface area (Å²) in [5.41, 5.74) is 5.78. The van der Waals surface area contributed by atoms with Crippen molar-refractivity contribution in [1.82, 2.24) is 9.21 Å². The molecule has 108 valence electrons. The molecule has 6 heteroatoms. The minimum Gasteiger partial charge on any atom is -0.329 e. The van der Waals surface area contributed by atoms with Crippen LogP contribution in [0.25, 0.3) is 0 Å². The molecule has 1 saturated heterocycles. The van der Waals surface area contributed by atoms with E-state index >= 15 is 0 Å². The fourth-order valence-electron chi connectivity index (χ4n) is 2.40. The molecule has 0 aromatic carbocycles. The standard InChI is InChI=1S/C12H27N3O2S/c1-4-5-12(10-13)14-6-8-15(9-7-14)18(16,17)11(2)3/h11-12H,4-10,13H2,1-3H3. The van der Waals surface area contributed by atoms with Crippen molar-refractivity contribution in [2.45, 2.75) is 44.9 Å². The largest absolute Gasteiger partial charge is 0.329 e. The monoisotopic (exact) mass is 277 g/mol. The highest BCUT2D eigenvalue weighted by atomic mass is 32.2. The van der Waals surface area contributed by atoms with Gasteiger partial charge >= 0.3 is 0 Å². The zero-order valence-corrected chi connectivity index (χ0v) is 12.6. The summed E-state index contributed by atoms with van der Waals surface area (Å²) in [6.45, 7) is 9.08. The second-order valence-electron chi connectivity index (χ2n) is 5.21. The summed E-state index contributed by atoms with van der Waals surface area (Å²) in [4.78, 5) is 2.33. The van der Waals surface area contributed by atoms with Gasteiger partial charge in [0.1, 0.15) is 0 Å². The Hall–Kier alpha value is -0.170. The smallest absolute Gasteiger partial charge is 0.216 e. The maximum Gasteiger partial charge on any atom is 0.216 e. The number of rotatable bonds is 6. The van der Waals surface area contributed by atoms with Gasteiger partial charge in [-0.05, 0) is 20.3 Å². The summed E-state index contributed by atoms with van der Waals surface area (Å²) in [5, 5.41) is -0.329. The molecule has 0 saturated carbocycles. The Morgan fingerprint density at radius 2 is 1.72 bits per heavy atom. The average Bonchev–Trinajstić information content (AvgIpc) is 2.36. The lowest BCUT2D eigenvalue weighted by Gasteiger charge is -2.38. The van der Waals surface area contributed by atoms with Crippen LogP contribution in [0.2, 0.25) is 0 Å². The molecule has 0 amide bonds. The van der Waals surface area contributed by atoms with E-state index in [1.165, 1.54) is 0 Å². The van der Waals surface area contributed by atoms with E-state index in [2.05, 4.69) is 11.8 Å². The molecule has 1 fully saturated rings. The first-order valence-electron chi connectivity index (χ1n) is 6.86. The number of hydrogen-bond donors (Lipinski definition) is 1. The molecule has 1 atom stereocenters. The topological polar surface area (TPSA) is 66.6 Å². The molecule has 1 aliphatic heterocycles. The van der Waals surface area contributed by atoms with Crippen molar-refractivity contribution in [3.05, 3.63) is 0 Å². The summed E-state index contributed by atoms with van der Waals surface area (Å²) in [6, 6.07) is 0.402. The molecule has 0 bridgehead atoms. The van der Waals surface area contributed by atoms with Gasteiger partial charge in [0, 0.05) is 38.8 Å². The maximum atomic E-state index is 12.0. The van der Waals surface area contributed by atoms with Crippen molar-refractivity contribution in [2.24, 2.45) is 5.73 Å². The molecule has 2 N–H and O–H groups in total. The third-order valence-electron chi connectivity index (χ3n) is 3.64. The van der Waals surface area contributed by atoms with Crippen molar-refractivity contribution < 1.29 is 8.42 Å². The van der Waals surface area contributed by atoms with Gasteiger partial charge in [-0.25, -0.2) is 8.42 Å². The van der Waals surface area contributed by atoms with Gasteiger partial charge in [0.25, 0.3) is 0 Å². The molecule has 1 heterocycles. The van der Waals surface area contributed by atoms with Gasteiger partial charge in [0.2, 0.25) is 10.0 Å². The van der Waals surface area contributed by atoms with E-state index in [9.17, 15) is 8.42 Å². The molecule has 0 aliphatic carbocycles. The minimum absolute atomic E-state index is 0.329. The molecular formula is C12H27N3O2S. The Bertz CT molecular complexity index is 335. The van der Waals surface area contributed by atoms with Crippen LogP contribution in [0.3, 0.4) is 0 Å². The van der Waals surface area contributed by atoms with Crippen molar-refractivity contribution >= 4 is 10.0 Å². The molecule has 0 spiro atoms. The summed E-state index contributed by atoms with van der Waals surface area (Å²) >= 11 is 0. The lowest BCUT2D eigenvalue weighted by molar-refractivity contribution is 0.133. The number of hydrogen-bond acceptors (Lipinski definition) is 4. The van der Waals surface area contributed by atoms with Crippen molar-refractivity contribution in [3.63, 3.8) is 0 Å². The van der Waals surface area contributed by atoms with E-state index in [-0.39, 0.29) is 5.25 Å². The Morgan fingerprint density at radius 1 is 1.17 bits per heavy atom. The predicted molar refractivity (Wildman–Crippen MR) is 75.0 cm³/mol. The zero-order chi connectivity index (χ0) is 13.8. The Morgan fingerprint density at radius 3 is 2.11 bits per heavy atom. The molecule has 0 aromatic heterocycles. The fraction of sp³-hybridized carbons (Fsp3) is 1.00. The summed E-state index contributed by atoms with van der Waals surface area (Å²) in [5.74, 6) is 0. The maximum absolute atomic E-state index is 12.0. The van der Waals surface area contributed by atoms with Crippen LogP contribution in [0, 0.1) is 0 Å². The summed E-state index contributed by atoms with van der Waals surface area (Å²) in [7, 11) is -3.09. The molecule has 0 radical (unpaired) electrons. The van der Waals surface area contributed by atoms with Crippen LogP contribution in [0.4, 0.5) is 0 Å². The second-order valence-corrected chi connectivity index (χ2v) is 7.70. The molecule has 0 aromatic rings. The van der Waals surface area contributed by atoms with Crippen molar-refractivity contribution in [3.8, 4) is 0 Å². The predicted octanol–water partition coefficient (Wildman–Crippen LogP) is 0.470. The van der Waals surface area contributed by atoms with E-state index in [4.69, 9.17) is 5.73 Å². The molecule has 1 aliphatic rings. The van der Waals surface area contributed by atoms with E-state index < -0.39 is 10.0 Å². The van der Waals surface area contributed by atoms with E-state index in [0.29, 0.717) is 25.7 Å². The molecule has 18 heavy (non-hydrogen) atoms. The highest BCUT2D eigenvalue weighted by molar-refractivity contribution is 7.89. The van der Waals surface area contributed by atoms with Crippen LogP contribution in [-0.4, -0.2) is 61.6 Å². The highest BCUT2D eigenvalue weighted by Gasteiger charge is 2.30. The SMILES string of the molecule is CCCC(CN)N1CCN(S(=O)(=O)C(C)C)CC1. The first kappa shape index (κ1) is 15.9. The lowest BCUT2D eigenvalue weighted by Crippen LogP contribution is -2.54. The van der Waals surface area contributed by atoms with Gasteiger partial charge in [0.05, 0.1) is 5.25 Å². The number of nitrogens with two attached hydrogens (primary N) is 1. The first-order chi connectivity index (χ1) is 8.43. The van der Waals surface area contributed by atoms with Gasteiger partial charge in [-0.3, -0.25) is 4.90 Å². The van der Waals surface area contributed by atoms with Crippen LogP contribution >= 0.6 is 0 Å². The number of sulfonamides is 1. The Balaban J connectivity index is 2.55. The quantitative estimate of drug-likeness (QED) is 0.766. The first-order valence-corrected chi connectivity index (χ1v) is 8.36. The number of nitrogens with zero attached hydrogens (tertiary/aromatic N) is 2. The van der Waals surface area contributed by atoms with Gasteiger partial charge in [-0.2, -0.15) is 4.31 Å². The van der Waals surface area contributed by atoms with Gasteiger partial charge in [-0.1, -0.05) is 13.3 Å². The number of piperazine rings is 1. The van der Waals surface area contributed by atoms with E-state index in [1.807, 2.05) is 0 Å². The van der Waals surface area contributed by atoms with E-state index in [0.717, 1.165) is 25.9 Å². The molecule has 1 rings (SSSR count). The minimum atomic E-state index is -3.09. The van der Waals surface area contributed by atoms with Gasteiger partial charge in [0.15, 0.2) is 0 Å². The van der Waals surface area contributed by atoms with Crippen LogP contribution in [0.5, 0.6) is 0 Å².